The summed E-state index contributed by atoms with van der Waals surface area (Å²) >= 11 is 8.16. The lowest BCUT2D eigenvalue weighted by atomic mass is 10.1. The average Bonchev–Trinajstić information content (AvgIpc) is 3.00. The van der Waals surface area contributed by atoms with Crippen molar-refractivity contribution in [3.8, 4) is 11.1 Å². The molecule has 0 spiro atoms. The lowest BCUT2D eigenvalue weighted by Crippen LogP contribution is -2.13. The summed E-state index contributed by atoms with van der Waals surface area (Å²) in [6.07, 6.45) is 3.54. The molecule has 1 N–H and O–H groups in total. The van der Waals surface area contributed by atoms with E-state index in [2.05, 4.69) is 64.8 Å². The molecule has 0 saturated heterocycles. The summed E-state index contributed by atoms with van der Waals surface area (Å²) in [5, 5.41) is 8.14. The first-order chi connectivity index (χ1) is 11.1. The number of nitrogens with zero attached hydrogens (tertiary/aromatic N) is 4. The molecule has 3 aromatic rings. The molecule has 0 unspecified atom stereocenters. The van der Waals surface area contributed by atoms with Crippen molar-refractivity contribution < 1.29 is 0 Å². The summed E-state index contributed by atoms with van der Waals surface area (Å²) in [5.74, 6) is 1.81. The van der Waals surface area contributed by atoms with Gasteiger partial charge in [0, 0.05) is 11.4 Å². The van der Waals surface area contributed by atoms with Crippen molar-refractivity contribution in [2.45, 2.75) is 18.7 Å². The number of anilines is 1. The van der Waals surface area contributed by atoms with Crippen molar-refractivity contribution in [1.82, 2.24) is 19.6 Å². The summed E-state index contributed by atoms with van der Waals surface area (Å²) in [6.45, 7) is 5.12. The third-order valence-electron chi connectivity index (χ3n) is 3.44. The van der Waals surface area contributed by atoms with E-state index in [-0.39, 0.29) is 0 Å². The number of nitrogens with one attached hydrogen (secondary N) is 1. The lowest BCUT2D eigenvalue weighted by Gasteiger charge is -2.16. The number of fused-ring (bicyclic) bond motifs is 1. The molecule has 120 valence electrons. The zero-order valence-corrected chi connectivity index (χ0v) is 14.8. The van der Waals surface area contributed by atoms with Crippen LogP contribution in [0.1, 0.15) is 13.8 Å². The van der Waals surface area contributed by atoms with Gasteiger partial charge in [-0.1, -0.05) is 37.6 Å². The van der Waals surface area contributed by atoms with Crippen LogP contribution < -0.4 is 5.32 Å². The standard InChI is InChI=1S/C16H18ClN5S/c1-10(2)8-18-15-13(11-4-6-12(23-3)7-5-11)14(17)21-16-19-9-20-22(15)16/h4-7,9-10,18H,8H2,1-3H3. The van der Waals surface area contributed by atoms with E-state index in [4.69, 9.17) is 11.6 Å². The van der Waals surface area contributed by atoms with E-state index in [1.807, 2.05) is 0 Å². The summed E-state index contributed by atoms with van der Waals surface area (Å²) in [5.41, 5.74) is 1.85. The van der Waals surface area contributed by atoms with Crippen molar-refractivity contribution >= 4 is 35.0 Å². The van der Waals surface area contributed by atoms with Crippen LogP contribution in [-0.4, -0.2) is 32.4 Å². The Kier molecular flexibility index (Phi) is 4.73. The molecule has 1 aromatic carbocycles. The van der Waals surface area contributed by atoms with Crippen molar-refractivity contribution in [3.63, 3.8) is 0 Å². The molecule has 0 bridgehead atoms. The van der Waals surface area contributed by atoms with E-state index in [0.717, 1.165) is 23.5 Å². The van der Waals surface area contributed by atoms with Crippen molar-refractivity contribution in [2.75, 3.05) is 18.1 Å². The van der Waals surface area contributed by atoms with Gasteiger partial charge < -0.3 is 5.32 Å². The predicted octanol–water partition coefficient (Wildman–Crippen LogP) is 4.23. The van der Waals surface area contributed by atoms with Crippen molar-refractivity contribution in [3.05, 3.63) is 35.7 Å². The molecule has 0 fully saturated rings. The number of halogens is 1. The normalized spacial score (nSPS) is 11.3. The fourth-order valence-electron chi connectivity index (χ4n) is 2.29. The van der Waals surface area contributed by atoms with E-state index in [9.17, 15) is 0 Å². The maximum absolute atomic E-state index is 6.45. The fourth-order valence-corrected chi connectivity index (χ4v) is 2.98. The molecule has 2 heterocycles. The number of hydrogen-bond acceptors (Lipinski definition) is 5. The van der Waals surface area contributed by atoms with Gasteiger partial charge in [-0.15, -0.1) is 11.8 Å². The molecule has 3 rings (SSSR count). The Morgan fingerprint density at radius 2 is 2.00 bits per heavy atom. The van der Waals surface area contributed by atoms with Gasteiger partial charge in [0.2, 0.25) is 0 Å². The molecule has 5 nitrogen and oxygen atoms in total. The van der Waals surface area contributed by atoms with Crippen LogP contribution in [0.15, 0.2) is 35.5 Å². The number of rotatable bonds is 5. The number of hydrogen-bond donors (Lipinski definition) is 1. The van der Waals surface area contributed by atoms with E-state index >= 15 is 0 Å². The zero-order valence-electron chi connectivity index (χ0n) is 13.2. The van der Waals surface area contributed by atoms with Gasteiger partial charge in [-0.3, -0.25) is 0 Å². The Balaban J connectivity index is 2.16. The monoisotopic (exact) mass is 347 g/mol. The van der Waals surface area contributed by atoms with Gasteiger partial charge in [0.1, 0.15) is 17.3 Å². The van der Waals surface area contributed by atoms with Crippen LogP contribution in [-0.2, 0) is 0 Å². The third-order valence-corrected chi connectivity index (χ3v) is 4.46. The Bertz CT molecular complexity index is 813. The van der Waals surface area contributed by atoms with Gasteiger partial charge in [-0.25, -0.2) is 0 Å². The molecular formula is C16H18ClN5S. The van der Waals surface area contributed by atoms with Gasteiger partial charge in [0.05, 0.1) is 5.56 Å². The Morgan fingerprint density at radius 1 is 1.26 bits per heavy atom. The summed E-state index contributed by atoms with van der Waals surface area (Å²) < 4.78 is 1.70. The third kappa shape index (κ3) is 3.28. The smallest absolute Gasteiger partial charge is 0.255 e. The van der Waals surface area contributed by atoms with Gasteiger partial charge in [0.15, 0.2) is 0 Å². The predicted molar refractivity (Wildman–Crippen MR) is 96.3 cm³/mol. The van der Waals surface area contributed by atoms with E-state index in [1.165, 1.54) is 11.2 Å². The molecule has 0 aliphatic rings. The van der Waals surface area contributed by atoms with Crippen LogP contribution in [0.5, 0.6) is 0 Å². The van der Waals surface area contributed by atoms with Crippen molar-refractivity contribution in [2.24, 2.45) is 5.92 Å². The minimum absolute atomic E-state index is 0.425. The van der Waals surface area contributed by atoms with E-state index in [0.29, 0.717) is 16.8 Å². The van der Waals surface area contributed by atoms with Crippen LogP contribution in [0.4, 0.5) is 5.82 Å². The first kappa shape index (κ1) is 16.1. The quantitative estimate of drug-likeness (QED) is 0.552. The van der Waals surface area contributed by atoms with Crippen LogP contribution in [0, 0.1) is 5.92 Å². The number of aromatic nitrogens is 4. The van der Waals surface area contributed by atoms with Crippen LogP contribution >= 0.6 is 23.4 Å². The van der Waals surface area contributed by atoms with E-state index < -0.39 is 0 Å². The summed E-state index contributed by atoms with van der Waals surface area (Å²) in [7, 11) is 0. The Morgan fingerprint density at radius 3 is 2.65 bits per heavy atom. The highest BCUT2D eigenvalue weighted by atomic mass is 35.5. The maximum atomic E-state index is 6.45. The van der Waals surface area contributed by atoms with Crippen LogP contribution in [0.2, 0.25) is 5.15 Å². The van der Waals surface area contributed by atoms with Gasteiger partial charge in [-0.05, 0) is 29.9 Å². The molecular weight excluding hydrogens is 330 g/mol. The zero-order chi connectivity index (χ0) is 16.4. The second kappa shape index (κ2) is 6.76. The van der Waals surface area contributed by atoms with Crippen molar-refractivity contribution in [1.29, 1.82) is 0 Å². The molecule has 0 radical (unpaired) electrons. The lowest BCUT2D eigenvalue weighted by molar-refractivity contribution is 0.684. The molecule has 23 heavy (non-hydrogen) atoms. The molecule has 0 atom stereocenters. The fraction of sp³-hybridized carbons (Fsp3) is 0.312. The highest BCUT2D eigenvalue weighted by Gasteiger charge is 2.17. The molecule has 0 aliphatic heterocycles. The highest BCUT2D eigenvalue weighted by Crippen LogP contribution is 2.34. The number of thioether (sulfide) groups is 1. The maximum Gasteiger partial charge on any atom is 0.255 e. The average molecular weight is 348 g/mol. The van der Waals surface area contributed by atoms with Crippen LogP contribution in [0.3, 0.4) is 0 Å². The first-order valence-corrected chi connectivity index (χ1v) is 8.98. The molecule has 7 heteroatoms. The number of benzene rings is 1. The largest absolute Gasteiger partial charge is 0.369 e. The van der Waals surface area contributed by atoms with Gasteiger partial charge >= 0.3 is 0 Å². The molecule has 0 amide bonds. The summed E-state index contributed by atoms with van der Waals surface area (Å²) in [6, 6.07) is 8.26. The topological polar surface area (TPSA) is 55.1 Å². The SMILES string of the molecule is CSc1ccc(-c2c(Cl)nc3ncnn3c2NCC(C)C)cc1. The van der Waals surface area contributed by atoms with Gasteiger partial charge in [-0.2, -0.15) is 19.6 Å². The molecule has 0 aliphatic carbocycles. The highest BCUT2D eigenvalue weighted by molar-refractivity contribution is 7.98. The minimum atomic E-state index is 0.425. The molecule has 2 aromatic heterocycles. The van der Waals surface area contributed by atoms with E-state index in [1.54, 1.807) is 16.3 Å². The Hall–Kier alpha value is -1.79. The first-order valence-electron chi connectivity index (χ1n) is 7.37. The Labute approximate surface area is 144 Å². The molecule has 0 saturated carbocycles. The van der Waals surface area contributed by atoms with Gasteiger partial charge in [0.25, 0.3) is 5.78 Å². The van der Waals surface area contributed by atoms with Crippen LogP contribution in [0.25, 0.3) is 16.9 Å². The second-order valence-electron chi connectivity index (χ2n) is 5.60. The summed E-state index contributed by atoms with van der Waals surface area (Å²) in [4.78, 5) is 9.70. The second-order valence-corrected chi connectivity index (χ2v) is 6.84. The minimum Gasteiger partial charge on any atom is -0.369 e.